The minimum absolute atomic E-state index is 0.0227. The summed E-state index contributed by atoms with van der Waals surface area (Å²) in [5, 5.41) is 7.74. The second kappa shape index (κ2) is 8.34. The number of ether oxygens (including phenoxy) is 1. The van der Waals surface area contributed by atoms with Crippen LogP contribution in [0.3, 0.4) is 0 Å². The SMILES string of the molecule is CC[C@H](NC(=O)c1cncc2c1cnn2-c1ccc(F)cc1)c1nc(C(=O)OC)co1. The number of nitrogens with zero attached hydrogens (tertiary/aromatic N) is 4. The number of oxazole rings is 1. The lowest BCUT2D eigenvalue weighted by atomic mass is 10.1. The quantitative estimate of drug-likeness (QED) is 0.474. The third-order valence-electron chi connectivity index (χ3n) is 4.74. The summed E-state index contributed by atoms with van der Waals surface area (Å²) in [7, 11) is 1.25. The standard InChI is InChI=1S/C21H18FN5O4/c1-3-16(20-26-17(11-31-20)21(29)30-2)25-19(28)15-8-23-10-18-14(15)9-24-27(18)13-6-4-12(22)5-7-13/h4-11,16H,3H2,1-2H3,(H,25,28)/t16-/m0/s1. The molecule has 1 amide bonds. The Morgan fingerprint density at radius 3 is 2.71 bits per heavy atom. The Morgan fingerprint density at radius 1 is 1.23 bits per heavy atom. The molecule has 10 heteroatoms. The van der Waals surface area contributed by atoms with E-state index < -0.39 is 17.9 Å². The zero-order valence-electron chi connectivity index (χ0n) is 16.7. The summed E-state index contributed by atoms with van der Waals surface area (Å²) >= 11 is 0. The van der Waals surface area contributed by atoms with Gasteiger partial charge in [-0.15, -0.1) is 0 Å². The second-order valence-corrected chi connectivity index (χ2v) is 6.65. The van der Waals surface area contributed by atoms with Gasteiger partial charge in [0.1, 0.15) is 18.1 Å². The highest BCUT2D eigenvalue weighted by Crippen LogP contribution is 2.23. The van der Waals surface area contributed by atoms with E-state index in [9.17, 15) is 14.0 Å². The fraction of sp³-hybridized carbons (Fsp3) is 0.190. The fourth-order valence-corrected chi connectivity index (χ4v) is 3.13. The fourth-order valence-electron chi connectivity index (χ4n) is 3.13. The Bertz CT molecular complexity index is 1250. The van der Waals surface area contributed by atoms with Crippen molar-refractivity contribution >= 4 is 22.8 Å². The molecular weight excluding hydrogens is 405 g/mol. The predicted octanol–water partition coefficient (Wildman–Crippen LogP) is 3.22. The van der Waals surface area contributed by atoms with E-state index in [1.54, 1.807) is 29.2 Å². The van der Waals surface area contributed by atoms with Crippen LogP contribution in [-0.2, 0) is 4.74 Å². The van der Waals surface area contributed by atoms with Gasteiger partial charge in [0, 0.05) is 11.6 Å². The predicted molar refractivity (Wildman–Crippen MR) is 107 cm³/mol. The lowest BCUT2D eigenvalue weighted by Crippen LogP contribution is -2.28. The molecule has 158 valence electrons. The number of hydrogen-bond donors (Lipinski definition) is 1. The second-order valence-electron chi connectivity index (χ2n) is 6.65. The van der Waals surface area contributed by atoms with E-state index >= 15 is 0 Å². The molecule has 1 N–H and O–H groups in total. The van der Waals surface area contributed by atoms with Crippen molar-refractivity contribution in [1.82, 2.24) is 25.1 Å². The van der Waals surface area contributed by atoms with Crippen LogP contribution in [0.5, 0.6) is 0 Å². The smallest absolute Gasteiger partial charge is 0.360 e. The number of hydrogen-bond acceptors (Lipinski definition) is 7. The summed E-state index contributed by atoms with van der Waals surface area (Å²) in [6.07, 6.45) is 6.24. The molecular formula is C21H18FN5O4. The van der Waals surface area contributed by atoms with Crippen LogP contribution >= 0.6 is 0 Å². The van der Waals surface area contributed by atoms with E-state index in [4.69, 9.17) is 4.42 Å². The largest absolute Gasteiger partial charge is 0.464 e. The van der Waals surface area contributed by atoms with Crippen molar-refractivity contribution in [2.75, 3.05) is 7.11 Å². The average Bonchev–Trinajstić information content (AvgIpc) is 3.45. The van der Waals surface area contributed by atoms with Gasteiger partial charge in [0.25, 0.3) is 5.91 Å². The van der Waals surface area contributed by atoms with Gasteiger partial charge in [-0.1, -0.05) is 6.92 Å². The van der Waals surface area contributed by atoms with E-state index in [0.29, 0.717) is 28.6 Å². The number of aromatic nitrogens is 4. The number of carbonyl (C=O) groups is 2. The lowest BCUT2D eigenvalue weighted by molar-refractivity contribution is 0.0594. The van der Waals surface area contributed by atoms with Gasteiger partial charge in [0.15, 0.2) is 5.69 Å². The maximum absolute atomic E-state index is 13.2. The Hall–Kier alpha value is -4.08. The van der Waals surface area contributed by atoms with E-state index in [-0.39, 0.29) is 17.4 Å². The van der Waals surface area contributed by atoms with E-state index in [0.717, 1.165) is 0 Å². The van der Waals surface area contributed by atoms with Crippen molar-refractivity contribution in [2.45, 2.75) is 19.4 Å². The lowest BCUT2D eigenvalue weighted by Gasteiger charge is -2.13. The van der Waals surface area contributed by atoms with Crippen LogP contribution in [0, 0.1) is 5.82 Å². The Labute approximate surface area is 175 Å². The van der Waals surface area contributed by atoms with Gasteiger partial charge >= 0.3 is 5.97 Å². The van der Waals surface area contributed by atoms with Gasteiger partial charge in [0.2, 0.25) is 5.89 Å². The number of methoxy groups -OCH3 is 1. The van der Waals surface area contributed by atoms with Gasteiger partial charge in [-0.3, -0.25) is 9.78 Å². The third-order valence-corrected chi connectivity index (χ3v) is 4.74. The number of rotatable bonds is 6. The van der Waals surface area contributed by atoms with Gasteiger partial charge in [-0.25, -0.2) is 18.9 Å². The van der Waals surface area contributed by atoms with E-state index in [1.807, 2.05) is 6.92 Å². The first kappa shape index (κ1) is 20.2. The van der Waals surface area contributed by atoms with Gasteiger partial charge in [-0.2, -0.15) is 5.10 Å². The molecule has 0 aliphatic carbocycles. The van der Waals surface area contributed by atoms with Crippen molar-refractivity contribution in [3.63, 3.8) is 0 Å². The molecule has 4 aromatic rings. The van der Waals surface area contributed by atoms with Crippen LogP contribution in [0.1, 0.15) is 46.1 Å². The number of nitrogens with one attached hydrogen (secondary N) is 1. The van der Waals surface area contributed by atoms with Crippen LogP contribution in [0.25, 0.3) is 16.6 Å². The van der Waals surface area contributed by atoms with Crippen LogP contribution in [0.15, 0.2) is 53.5 Å². The Morgan fingerprint density at radius 2 is 2.00 bits per heavy atom. The zero-order valence-corrected chi connectivity index (χ0v) is 16.7. The van der Waals surface area contributed by atoms with Crippen molar-refractivity contribution in [1.29, 1.82) is 0 Å². The van der Waals surface area contributed by atoms with Gasteiger partial charge in [-0.05, 0) is 30.7 Å². The van der Waals surface area contributed by atoms with Gasteiger partial charge < -0.3 is 14.5 Å². The molecule has 3 heterocycles. The summed E-state index contributed by atoms with van der Waals surface area (Å²) in [6, 6.07) is 5.27. The van der Waals surface area contributed by atoms with Crippen molar-refractivity contribution in [3.05, 3.63) is 72.1 Å². The van der Waals surface area contributed by atoms with Gasteiger partial charge in [0.05, 0.1) is 36.3 Å². The number of esters is 1. The first-order valence-electron chi connectivity index (χ1n) is 9.44. The molecule has 3 aromatic heterocycles. The molecule has 0 bridgehead atoms. The summed E-state index contributed by atoms with van der Waals surface area (Å²) in [6.45, 7) is 1.85. The Balaban J connectivity index is 1.62. The zero-order chi connectivity index (χ0) is 22.0. The van der Waals surface area contributed by atoms with Crippen molar-refractivity contribution in [2.24, 2.45) is 0 Å². The topological polar surface area (TPSA) is 112 Å². The highest BCUT2D eigenvalue weighted by molar-refractivity contribution is 6.06. The molecule has 1 atom stereocenters. The molecule has 0 radical (unpaired) electrons. The van der Waals surface area contributed by atoms with E-state index in [2.05, 4.69) is 25.1 Å². The third kappa shape index (κ3) is 3.87. The number of amides is 1. The molecule has 1 aromatic carbocycles. The number of benzene rings is 1. The van der Waals surface area contributed by atoms with Crippen LogP contribution in [0.4, 0.5) is 4.39 Å². The molecule has 0 fully saturated rings. The maximum atomic E-state index is 13.2. The number of pyridine rings is 1. The molecule has 0 saturated carbocycles. The van der Waals surface area contributed by atoms with Crippen LogP contribution in [0.2, 0.25) is 0 Å². The normalized spacial score (nSPS) is 12.0. The summed E-state index contributed by atoms with van der Waals surface area (Å²) in [4.78, 5) is 32.8. The number of halogens is 1. The van der Waals surface area contributed by atoms with Crippen LogP contribution < -0.4 is 5.32 Å². The van der Waals surface area contributed by atoms with Crippen molar-refractivity contribution < 1.29 is 23.1 Å². The first-order valence-corrected chi connectivity index (χ1v) is 9.44. The van der Waals surface area contributed by atoms with Crippen molar-refractivity contribution in [3.8, 4) is 5.69 Å². The monoisotopic (exact) mass is 423 g/mol. The summed E-state index contributed by atoms with van der Waals surface area (Å²) in [5.41, 5.74) is 1.56. The number of carbonyl (C=O) groups excluding carboxylic acids is 2. The molecule has 4 rings (SSSR count). The highest BCUT2D eigenvalue weighted by Gasteiger charge is 2.23. The molecule has 31 heavy (non-hydrogen) atoms. The van der Waals surface area contributed by atoms with Crippen LogP contribution in [-0.4, -0.2) is 38.7 Å². The molecule has 9 nitrogen and oxygen atoms in total. The summed E-state index contributed by atoms with van der Waals surface area (Å²) < 4.78 is 24.8. The maximum Gasteiger partial charge on any atom is 0.360 e. The minimum atomic E-state index is -0.627. The molecule has 0 aliphatic rings. The summed E-state index contributed by atoms with van der Waals surface area (Å²) in [5.74, 6) is -1.19. The average molecular weight is 423 g/mol. The number of fused-ring (bicyclic) bond motifs is 1. The molecule has 0 unspecified atom stereocenters. The molecule has 0 spiro atoms. The molecule has 0 saturated heterocycles. The highest BCUT2D eigenvalue weighted by atomic mass is 19.1. The minimum Gasteiger partial charge on any atom is -0.464 e. The molecule has 0 aliphatic heterocycles. The first-order chi connectivity index (χ1) is 15.0. The van der Waals surface area contributed by atoms with E-state index in [1.165, 1.54) is 31.7 Å². The Kier molecular flexibility index (Phi) is 5.44.